The summed E-state index contributed by atoms with van der Waals surface area (Å²) in [6.07, 6.45) is 0. The van der Waals surface area contributed by atoms with Crippen LogP contribution in [0.5, 0.6) is 0 Å². The maximum absolute atomic E-state index is 10.6. The zero-order chi connectivity index (χ0) is 8.43. The second kappa shape index (κ2) is 2.45. The van der Waals surface area contributed by atoms with Crippen molar-refractivity contribution >= 4 is 17.5 Å². The number of rotatable bonds is 1. The molecule has 0 unspecified atom stereocenters. The first-order chi connectivity index (χ1) is 5.09. The van der Waals surface area contributed by atoms with Crippen LogP contribution in [0.15, 0.2) is 12.1 Å². The highest BCUT2D eigenvalue weighted by atomic mass is 16.1. The Morgan fingerprint density at radius 2 is 1.73 bits per heavy atom. The summed E-state index contributed by atoms with van der Waals surface area (Å²) < 4.78 is 0. The van der Waals surface area contributed by atoms with Gasteiger partial charge in [-0.3, -0.25) is 4.79 Å². The maximum Gasteiger partial charge on any atom is 0.248 e. The minimum Gasteiger partial charge on any atom is -0.384 e. The Bertz CT molecular complexity index is 276. The summed E-state index contributed by atoms with van der Waals surface area (Å²) in [5, 5.41) is 0. The number of carbonyl (C=O) groups is 1. The average Bonchev–Trinajstić information content (AvgIpc) is 1.85. The SMILES string of the molecule is NC(=O)c1cc(N)nc(N)c1. The van der Waals surface area contributed by atoms with Gasteiger partial charge in [-0.15, -0.1) is 0 Å². The zero-order valence-corrected chi connectivity index (χ0v) is 5.74. The monoisotopic (exact) mass is 152 g/mol. The molecule has 0 aliphatic heterocycles. The van der Waals surface area contributed by atoms with Crippen LogP contribution in [0.2, 0.25) is 0 Å². The molecule has 0 saturated carbocycles. The molecular weight excluding hydrogens is 144 g/mol. The predicted octanol–water partition coefficient (Wildman–Crippen LogP) is -0.655. The lowest BCUT2D eigenvalue weighted by atomic mass is 10.2. The molecule has 0 aliphatic rings. The van der Waals surface area contributed by atoms with Crippen LogP contribution in [0.3, 0.4) is 0 Å². The van der Waals surface area contributed by atoms with Gasteiger partial charge < -0.3 is 17.2 Å². The summed E-state index contributed by atoms with van der Waals surface area (Å²) in [5.74, 6) is -0.177. The van der Waals surface area contributed by atoms with Gasteiger partial charge in [0.25, 0.3) is 0 Å². The van der Waals surface area contributed by atoms with Crippen molar-refractivity contribution in [2.24, 2.45) is 5.73 Å². The van der Waals surface area contributed by atoms with E-state index < -0.39 is 5.91 Å². The molecule has 1 aromatic rings. The molecule has 0 atom stereocenters. The van der Waals surface area contributed by atoms with Gasteiger partial charge in [0.15, 0.2) is 0 Å². The molecule has 0 saturated heterocycles. The van der Waals surface area contributed by atoms with Gasteiger partial charge in [-0.2, -0.15) is 0 Å². The van der Waals surface area contributed by atoms with Crippen LogP contribution in [0.1, 0.15) is 10.4 Å². The smallest absolute Gasteiger partial charge is 0.248 e. The number of aromatic nitrogens is 1. The second-order valence-electron chi connectivity index (χ2n) is 2.07. The van der Waals surface area contributed by atoms with Gasteiger partial charge >= 0.3 is 0 Å². The summed E-state index contributed by atoms with van der Waals surface area (Å²) in [6.45, 7) is 0. The molecule has 1 rings (SSSR count). The molecule has 5 nitrogen and oxygen atoms in total. The van der Waals surface area contributed by atoms with Crippen molar-refractivity contribution < 1.29 is 4.79 Å². The third kappa shape index (κ3) is 1.57. The van der Waals surface area contributed by atoms with E-state index in [4.69, 9.17) is 17.2 Å². The molecule has 1 amide bonds. The van der Waals surface area contributed by atoms with Gasteiger partial charge in [0.05, 0.1) is 0 Å². The van der Waals surface area contributed by atoms with Crippen LogP contribution in [-0.2, 0) is 0 Å². The highest BCUT2D eigenvalue weighted by Crippen LogP contribution is 2.07. The van der Waals surface area contributed by atoms with Gasteiger partial charge in [0.2, 0.25) is 5.91 Å². The number of hydrogen-bond acceptors (Lipinski definition) is 4. The van der Waals surface area contributed by atoms with Crippen LogP contribution in [0, 0.1) is 0 Å². The number of anilines is 2. The zero-order valence-electron chi connectivity index (χ0n) is 5.74. The van der Waals surface area contributed by atoms with Gasteiger partial charge in [-0.05, 0) is 12.1 Å². The number of nitrogen functional groups attached to an aromatic ring is 2. The van der Waals surface area contributed by atoms with E-state index in [1.165, 1.54) is 12.1 Å². The molecule has 11 heavy (non-hydrogen) atoms. The number of pyridine rings is 1. The average molecular weight is 152 g/mol. The molecule has 0 spiro atoms. The highest BCUT2D eigenvalue weighted by molar-refractivity contribution is 5.94. The lowest BCUT2D eigenvalue weighted by Crippen LogP contribution is -2.12. The Morgan fingerprint density at radius 1 is 1.27 bits per heavy atom. The number of hydrogen-bond donors (Lipinski definition) is 3. The molecule has 0 radical (unpaired) electrons. The number of nitrogens with two attached hydrogens (primary N) is 3. The largest absolute Gasteiger partial charge is 0.384 e. The van der Waals surface area contributed by atoms with Crippen LogP contribution in [-0.4, -0.2) is 10.9 Å². The molecule has 5 heteroatoms. The maximum atomic E-state index is 10.6. The van der Waals surface area contributed by atoms with Crippen molar-refractivity contribution in [2.45, 2.75) is 0 Å². The summed E-state index contributed by atoms with van der Waals surface area (Å²) in [4.78, 5) is 14.3. The van der Waals surface area contributed by atoms with Gasteiger partial charge in [0, 0.05) is 5.56 Å². The minimum atomic E-state index is -0.564. The first kappa shape index (κ1) is 7.33. The molecule has 0 aliphatic carbocycles. The van der Waals surface area contributed by atoms with Crippen LogP contribution >= 0.6 is 0 Å². The molecule has 1 heterocycles. The minimum absolute atomic E-state index is 0.193. The predicted molar refractivity (Wildman–Crippen MR) is 41.6 cm³/mol. The first-order valence-electron chi connectivity index (χ1n) is 2.92. The van der Waals surface area contributed by atoms with Crippen LogP contribution < -0.4 is 17.2 Å². The molecule has 1 aromatic heterocycles. The normalized spacial score (nSPS) is 9.45. The Labute approximate surface area is 63.2 Å². The molecule has 58 valence electrons. The van der Waals surface area contributed by atoms with E-state index >= 15 is 0 Å². The lowest BCUT2D eigenvalue weighted by Gasteiger charge is -1.98. The number of carbonyl (C=O) groups excluding carboxylic acids is 1. The van der Waals surface area contributed by atoms with Gasteiger partial charge in [0.1, 0.15) is 11.6 Å². The van der Waals surface area contributed by atoms with Gasteiger partial charge in [-0.1, -0.05) is 0 Å². The van der Waals surface area contributed by atoms with E-state index in [1.54, 1.807) is 0 Å². The summed E-state index contributed by atoms with van der Waals surface area (Å²) in [6, 6.07) is 2.75. The second-order valence-corrected chi connectivity index (χ2v) is 2.07. The van der Waals surface area contributed by atoms with Crippen molar-refractivity contribution in [3.05, 3.63) is 17.7 Å². The van der Waals surface area contributed by atoms with Crippen molar-refractivity contribution in [1.82, 2.24) is 4.98 Å². The number of primary amides is 1. The molecule has 6 N–H and O–H groups in total. The highest BCUT2D eigenvalue weighted by Gasteiger charge is 2.02. The Morgan fingerprint density at radius 3 is 2.09 bits per heavy atom. The summed E-state index contributed by atoms with van der Waals surface area (Å²) >= 11 is 0. The topological polar surface area (TPSA) is 108 Å². The Balaban J connectivity index is 3.19. The van der Waals surface area contributed by atoms with E-state index in [-0.39, 0.29) is 17.2 Å². The quantitative estimate of drug-likeness (QED) is 0.496. The number of nitrogens with zero attached hydrogens (tertiary/aromatic N) is 1. The third-order valence-corrected chi connectivity index (χ3v) is 1.15. The van der Waals surface area contributed by atoms with Crippen LogP contribution in [0.25, 0.3) is 0 Å². The number of amides is 1. The lowest BCUT2D eigenvalue weighted by molar-refractivity contribution is 0.100. The first-order valence-corrected chi connectivity index (χ1v) is 2.92. The van der Waals surface area contributed by atoms with E-state index in [2.05, 4.69) is 4.98 Å². The van der Waals surface area contributed by atoms with Gasteiger partial charge in [-0.25, -0.2) is 4.98 Å². The molecule has 0 bridgehead atoms. The fourth-order valence-electron chi connectivity index (χ4n) is 0.716. The van der Waals surface area contributed by atoms with Crippen molar-refractivity contribution in [2.75, 3.05) is 11.5 Å². The molecule has 0 aromatic carbocycles. The molecular formula is C6H8N4O. The Hall–Kier alpha value is -1.78. The standard InChI is InChI=1S/C6H8N4O/c7-4-1-3(6(9)11)2-5(8)10-4/h1-2H,(H2,9,11)(H4,7,8,10). The molecule has 0 fully saturated rings. The fourth-order valence-corrected chi connectivity index (χ4v) is 0.716. The fraction of sp³-hybridized carbons (Fsp3) is 0. The third-order valence-electron chi connectivity index (χ3n) is 1.15. The van der Waals surface area contributed by atoms with Crippen LogP contribution in [0.4, 0.5) is 11.6 Å². The van der Waals surface area contributed by atoms with Crippen molar-refractivity contribution in [3.63, 3.8) is 0 Å². The summed E-state index contributed by atoms with van der Waals surface area (Å²) in [5.41, 5.74) is 15.8. The Kier molecular flexibility index (Phi) is 1.63. The van der Waals surface area contributed by atoms with E-state index in [0.717, 1.165) is 0 Å². The van der Waals surface area contributed by atoms with E-state index in [0.29, 0.717) is 0 Å². The van der Waals surface area contributed by atoms with E-state index in [1.807, 2.05) is 0 Å². The summed E-state index contributed by atoms with van der Waals surface area (Å²) in [7, 11) is 0. The van der Waals surface area contributed by atoms with Crippen molar-refractivity contribution in [3.8, 4) is 0 Å². The van der Waals surface area contributed by atoms with Crippen molar-refractivity contribution in [1.29, 1.82) is 0 Å². The van der Waals surface area contributed by atoms with E-state index in [9.17, 15) is 4.79 Å².